The normalized spacial score (nSPS) is 11.3. The molecule has 23 heavy (non-hydrogen) atoms. The van der Waals surface area contributed by atoms with Crippen LogP contribution < -0.4 is 22.7 Å². The van der Waals surface area contributed by atoms with Crippen molar-refractivity contribution < 1.29 is 5.11 Å². The Morgan fingerprint density at radius 2 is 1.87 bits per heavy atom. The van der Waals surface area contributed by atoms with E-state index in [1.54, 1.807) is 24.3 Å². The summed E-state index contributed by atoms with van der Waals surface area (Å²) in [4.78, 5) is 26.0. The maximum atomic E-state index is 11.9. The van der Waals surface area contributed by atoms with E-state index < -0.39 is 17.1 Å². The SMILES string of the molecule is C/C(=N\N=C(N)N)c1c(O)n(Cc2ccccc2)c(=O)[nH]c1=O. The first-order chi connectivity index (χ1) is 10.9. The van der Waals surface area contributed by atoms with Crippen LogP contribution in [0.5, 0.6) is 5.88 Å². The number of aromatic hydroxyl groups is 1. The molecule has 0 radical (unpaired) electrons. The van der Waals surface area contributed by atoms with E-state index >= 15 is 0 Å². The second kappa shape index (κ2) is 6.60. The minimum absolute atomic E-state index is 0.0685. The fourth-order valence-electron chi connectivity index (χ4n) is 1.98. The molecule has 0 aliphatic carbocycles. The zero-order chi connectivity index (χ0) is 17.0. The predicted molar refractivity (Wildman–Crippen MR) is 86.6 cm³/mol. The molecule has 2 aromatic rings. The van der Waals surface area contributed by atoms with E-state index in [4.69, 9.17) is 11.5 Å². The molecule has 0 bridgehead atoms. The van der Waals surface area contributed by atoms with E-state index in [9.17, 15) is 14.7 Å². The molecular weight excluding hydrogens is 300 g/mol. The summed E-state index contributed by atoms with van der Waals surface area (Å²) in [6, 6.07) is 9.01. The van der Waals surface area contributed by atoms with Crippen LogP contribution in [0.25, 0.3) is 0 Å². The van der Waals surface area contributed by atoms with Crippen molar-refractivity contribution in [3.8, 4) is 5.88 Å². The molecule has 0 saturated carbocycles. The van der Waals surface area contributed by atoms with Crippen molar-refractivity contribution in [2.75, 3.05) is 0 Å². The maximum absolute atomic E-state index is 11.9. The highest BCUT2D eigenvalue weighted by atomic mass is 16.3. The molecule has 2 rings (SSSR count). The van der Waals surface area contributed by atoms with E-state index in [0.29, 0.717) is 0 Å². The summed E-state index contributed by atoms with van der Waals surface area (Å²) >= 11 is 0. The molecule has 9 heteroatoms. The first-order valence-electron chi connectivity index (χ1n) is 6.63. The molecule has 0 saturated heterocycles. The molecule has 0 unspecified atom stereocenters. The zero-order valence-corrected chi connectivity index (χ0v) is 12.4. The quantitative estimate of drug-likeness (QED) is 0.333. The Bertz CT molecular complexity index is 876. The molecule has 0 spiro atoms. The van der Waals surface area contributed by atoms with E-state index in [0.717, 1.165) is 10.1 Å². The summed E-state index contributed by atoms with van der Waals surface area (Å²) in [5.74, 6) is -0.799. The molecule has 120 valence electrons. The van der Waals surface area contributed by atoms with Crippen molar-refractivity contribution >= 4 is 11.7 Å². The van der Waals surface area contributed by atoms with Crippen molar-refractivity contribution in [1.82, 2.24) is 9.55 Å². The minimum Gasteiger partial charge on any atom is -0.494 e. The van der Waals surface area contributed by atoms with Crippen LogP contribution in [0.1, 0.15) is 18.1 Å². The number of nitrogens with one attached hydrogen (secondary N) is 1. The lowest BCUT2D eigenvalue weighted by Crippen LogP contribution is -2.33. The van der Waals surface area contributed by atoms with Gasteiger partial charge in [0.15, 0.2) is 0 Å². The highest BCUT2D eigenvalue weighted by Gasteiger charge is 2.17. The molecule has 0 atom stereocenters. The van der Waals surface area contributed by atoms with Gasteiger partial charge in [0.2, 0.25) is 11.8 Å². The van der Waals surface area contributed by atoms with Crippen molar-refractivity contribution in [2.45, 2.75) is 13.5 Å². The number of aromatic amines is 1. The Morgan fingerprint density at radius 3 is 2.48 bits per heavy atom. The Balaban J connectivity index is 2.56. The molecule has 9 nitrogen and oxygen atoms in total. The second-order valence-electron chi connectivity index (χ2n) is 4.74. The van der Waals surface area contributed by atoms with Crippen LogP contribution in [0.2, 0.25) is 0 Å². The first kappa shape index (κ1) is 16.0. The van der Waals surface area contributed by atoms with Crippen molar-refractivity contribution in [3.63, 3.8) is 0 Å². The van der Waals surface area contributed by atoms with Gasteiger partial charge < -0.3 is 16.6 Å². The molecule has 0 amide bonds. The lowest BCUT2D eigenvalue weighted by molar-refractivity contribution is 0.408. The predicted octanol–water partition coefficient (Wildman–Crippen LogP) is -0.712. The highest BCUT2D eigenvalue weighted by Crippen LogP contribution is 2.13. The van der Waals surface area contributed by atoms with Crippen LogP contribution in [-0.2, 0) is 6.54 Å². The largest absolute Gasteiger partial charge is 0.494 e. The lowest BCUT2D eigenvalue weighted by atomic mass is 10.2. The van der Waals surface area contributed by atoms with Gasteiger partial charge in [0.25, 0.3) is 5.56 Å². The lowest BCUT2D eigenvalue weighted by Gasteiger charge is -2.11. The maximum Gasteiger partial charge on any atom is 0.331 e. The molecule has 0 aliphatic heterocycles. The van der Waals surface area contributed by atoms with Crippen LogP contribution >= 0.6 is 0 Å². The number of guanidine groups is 1. The average molecular weight is 316 g/mol. The summed E-state index contributed by atoms with van der Waals surface area (Å²) in [5.41, 5.74) is 9.51. The Hall–Kier alpha value is -3.36. The molecule has 1 aromatic heterocycles. The fourth-order valence-corrected chi connectivity index (χ4v) is 1.98. The summed E-state index contributed by atoms with van der Waals surface area (Å²) in [7, 11) is 0. The number of hydrogen-bond donors (Lipinski definition) is 4. The summed E-state index contributed by atoms with van der Waals surface area (Å²) in [5, 5.41) is 17.4. The van der Waals surface area contributed by atoms with Gasteiger partial charge >= 0.3 is 5.69 Å². The Labute approximate surface area is 130 Å². The van der Waals surface area contributed by atoms with Gasteiger partial charge in [-0.3, -0.25) is 14.3 Å². The first-order valence-corrected chi connectivity index (χ1v) is 6.63. The van der Waals surface area contributed by atoms with Crippen LogP contribution in [0.4, 0.5) is 0 Å². The van der Waals surface area contributed by atoms with Crippen LogP contribution in [0.3, 0.4) is 0 Å². The summed E-state index contributed by atoms with van der Waals surface area (Å²) < 4.78 is 1.03. The average Bonchev–Trinajstić information content (AvgIpc) is 2.50. The van der Waals surface area contributed by atoms with Gasteiger partial charge in [0.1, 0.15) is 5.56 Å². The third kappa shape index (κ3) is 3.64. The third-order valence-electron chi connectivity index (χ3n) is 3.03. The van der Waals surface area contributed by atoms with E-state index in [1.165, 1.54) is 6.92 Å². The van der Waals surface area contributed by atoms with Gasteiger partial charge in [-0.1, -0.05) is 30.3 Å². The number of nitrogens with zero attached hydrogens (tertiary/aromatic N) is 3. The van der Waals surface area contributed by atoms with Crippen LogP contribution in [0, 0.1) is 0 Å². The Morgan fingerprint density at radius 1 is 1.22 bits per heavy atom. The van der Waals surface area contributed by atoms with E-state index in [-0.39, 0.29) is 23.8 Å². The van der Waals surface area contributed by atoms with Gasteiger partial charge in [0.05, 0.1) is 12.3 Å². The summed E-state index contributed by atoms with van der Waals surface area (Å²) in [6.45, 7) is 1.53. The molecule has 1 heterocycles. The molecule has 6 N–H and O–H groups in total. The summed E-state index contributed by atoms with van der Waals surface area (Å²) in [6.07, 6.45) is 0. The number of rotatable bonds is 4. The standard InChI is InChI=1S/C14H16N6O3/c1-8(18-19-13(15)16)10-11(21)17-14(23)20(12(10)22)7-9-5-3-2-4-6-9/h2-6,22H,7H2,1H3,(H4,15,16,19)(H,17,21,23)/b18-8+. The molecular formula is C14H16N6O3. The second-order valence-corrected chi connectivity index (χ2v) is 4.74. The number of aromatic nitrogens is 2. The van der Waals surface area contributed by atoms with E-state index in [2.05, 4.69) is 15.2 Å². The topological polar surface area (TPSA) is 152 Å². The van der Waals surface area contributed by atoms with Crippen molar-refractivity contribution in [1.29, 1.82) is 0 Å². The molecule has 0 aliphatic rings. The highest BCUT2D eigenvalue weighted by molar-refractivity contribution is 6.00. The van der Waals surface area contributed by atoms with Gasteiger partial charge in [0, 0.05) is 0 Å². The van der Waals surface area contributed by atoms with Gasteiger partial charge in [-0.15, -0.1) is 5.10 Å². The van der Waals surface area contributed by atoms with Crippen molar-refractivity contribution in [2.24, 2.45) is 21.7 Å². The number of benzene rings is 1. The third-order valence-corrected chi connectivity index (χ3v) is 3.03. The van der Waals surface area contributed by atoms with Gasteiger partial charge in [-0.05, 0) is 12.5 Å². The molecule has 1 aromatic carbocycles. The van der Waals surface area contributed by atoms with Crippen LogP contribution in [-0.4, -0.2) is 26.3 Å². The zero-order valence-electron chi connectivity index (χ0n) is 12.4. The number of hydrogen-bond acceptors (Lipinski definition) is 5. The fraction of sp³-hybridized carbons (Fsp3) is 0.143. The van der Waals surface area contributed by atoms with Gasteiger partial charge in [-0.2, -0.15) is 5.10 Å². The van der Waals surface area contributed by atoms with Gasteiger partial charge in [-0.25, -0.2) is 4.79 Å². The number of H-pyrrole nitrogens is 1. The number of nitrogens with two attached hydrogens (primary N) is 2. The monoisotopic (exact) mass is 316 g/mol. The molecule has 0 fully saturated rings. The van der Waals surface area contributed by atoms with E-state index in [1.807, 2.05) is 6.07 Å². The van der Waals surface area contributed by atoms with Crippen LogP contribution in [0.15, 0.2) is 50.1 Å². The minimum atomic E-state index is -0.774. The Kier molecular flexibility index (Phi) is 4.60. The smallest absolute Gasteiger partial charge is 0.331 e. The van der Waals surface area contributed by atoms with Crippen molar-refractivity contribution in [3.05, 3.63) is 62.3 Å².